The molecule has 0 aromatic carbocycles. The van der Waals surface area contributed by atoms with Crippen molar-refractivity contribution in [2.45, 2.75) is 0 Å². The minimum atomic E-state index is -1.62. The summed E-state index contributed by atoms with van der Waals surface area (Å²) in [5.74, 6) is 0. The van der Waals surface area contributed by atoms with Crippen molar-refractivity contribution in [3.63, 3.8) is 0 Å². The molecule has 0 aliphatic rings. The van der Waals surface area contributed by atoms with Gasteiger partial charge >= 0.3 is 0 Å². The van der Waals surface area contributed by atoms with Gasteiger partial charge in [-0.1, -0.05) is 6.07 Å². The predicted octanol–water partition coefficient (Wildman–Crippen LogP) is 4.47. The van der Waals surface area contributed by atoms with Crippen molar-refractivity contribution in [2.24, 2.45) is 0 Å². The quantitative estimate of drug-likeness (QED) is 0.711. The zero-order valence-electron chi connectivity index (χ0n) is 7.04. The first-order valence-corrected chi connectivity index (χ1v) is 5.73. The predicted molar refractivity (Wildman–Crippen MR) is 56.9 cm³/mol. The van der Waals surface area contributed by atoms with Crippen LogP contribution in [-0.2, 0) is 0 Å². The fraction of sp³-hybridized carbons (Fsp3) is 0. The van der Waals surface area contributed by atoms with Crippen LogP contribution in [0.2, 0.25) is 0 Å². The van der Waals surface area contributed by atoms with Gasteiger partial charge in [-0.05, 0) is 33.8 Å². The van der Waals surface area contributed by atoms with Crippen LogP contribution in [-0.4, -0.2) is 0 Å². The average Bonchev–Trinajstić information content (AvgIpc) is 2.75. The summed E-state index contributed by atoms with van der Waals surface area (Å²) in [7, 11) is 0. The van der Waals surface area contributed by atoms with Gasteiger partial charge in [-0.3, -0.25) is 0 Å². The summed E-state index contributed by atoms with van der Waals surface area (Å²) >= 11 is 2.74. The standard InChI is InChI=1S/C10H6F2S2/c11-10(12)9(7-3-5-13-6-7)8-2-1-4-14-8/h1-6H. The van der Waals surface area contributed by atoms with E-state index in [1.54, 1.807) is 34.3 Å². The van der Waals surface area contributed by atoms with Crippen LogP contribution in [0.15, 0.2) is 40.4 Å². The molecule has 0 radical (unpaired) electrons. The van der Waals surface area contributed by atoms with Gasteiger partial charge in [0, 0.05) is 4.88 Å². The molecule has 0 saturated carbocycles. The second kappa shape index (κ2) is 4.02. The Morgan fingerprint density at radius 3 is 2.50 bits per heavy atom. The van der Waals surface area contributed by atoms with E-state index in [-0.39, 0.29) is 5.57 Å². The maximum Gasteiger partial charge on any atom is 0.279 e. The molecular weight excluding hydrogens is 222 g/mol. The lowest BCUT2D eigenvalue weighted by molar-refractivity contribution is 0.426. The Labute approximate surface area is 88.1 Å². The second-order valence-corrected chi connectivity index (χ2v) is 4.35. The van der Waals surface area contributed by atoms with Crippen molar-refractivity contribution in [1.29, 1.82) is 0 Å². The molecule has 4 heteroatoms. The zero-order valence-corrected chi connectivity index (χ0v) is 8.67. The molecule has 0 fully saturated rings. The molecule has 0 amide bonds. The molecule has 0 atom stereocenters. The summed E-state index contributed by atoms with van der Waals surface area (Å²) in [4.78, 5) is 0.614. The van der Waals surface area contributed by atoms with E-state index in [2.05, 4.69) is 0 Å². The van der Waals surface area contributed by atoms with Crippen LogP contribution in [0, 0.1) is 0 Å². The molecule has 0 spiro atoms. The first-order valence-electron chi connectivity index (χ1n) is 3.91. The Morgan fingerprint density at radius 2 is 2.00 bits per heavy atom. The van der Waals surface area contributed by atoms with Gasteiger partial charge in [-0.15, -0.1) is 11.3 Å². The van der Waals surface area contributed by atoms with Gasteiger partial charge in [-0.25, -0.2) is 0 Å². The third kappa shape index (κ3) is 1.76. The van der Waals surface area contributed by atoms with E-state index < -0.39 is 6.08 Å². The maximum absolute atomic E-state index is 12.7. The maximum atomic E-state index is 12.7. The summed E-state index contributed by atoms with van der Waals surface area (Å²) in [6.07, 6.45) is -1.62. The molecule has 14 heavy (non-hydrogen) atoms. The molecule has 72 valence electrons. The topological polar surface area (TPSA) is 0 Å². The van der Waals surface area contributed by atoms with Gasteiger partial charge in [-0.2, -0.15) is 20.1 Å². The van der Waals surface area contributed by atoms with Crippen molar-refractivity contribution in [3.8, 4) is 0 Å². The lowest BCUT2D eigenvalue weighted by Crippen LogP contribution is -1.82. The van der Waals surface area contributed by atoms with Crippen LogP contribution >= 0.6 is 22.7 Å². The number of thiophene rings is 2. The Morgan fingerprint density at radius 1 is 1.14 bits per heavy atom. The van der Waals surface area contributed by atoms with Crippen molar-refractivity contribution >= 4 is 28.2 Å². The highest BCUT2D eigenvalue weighted by Gasteiger charge is 2.12. The molecule has 2 aromatic heterocycles. The van der Waals surface area contributed by atoms with Gasteiger partial charge in [0.1, 0.15) is 0 Å². The van der Waals surface area contributed by atoms with Crippen molar-refractivity contribution in [2.75, 3.05) is 0 Å². The van der Waals surface area contributed by atoms with E-state index in [4.69, 9.17) is 0 Å². The molecule has 0 unspecified atom stereocenters. The van der Waals surface area contributed by atoms with Crippen LogP contribution < -0.4 is 0 Å². The normalized spacial score (nSPS) is 10.1. The smallest absolute Gasteiger partial charge is 0.173 e. The lowest BCUT2D eigenvalue weighted by Gasteiger charge is -1.99. The third-order valence-corrected chi connectivity index (χ3v) is 3.34. The summed E-state index contributed by atoms with van der Waals surface area (Å²) in [5.41, 5.74) is 0.652. The van der Waals surface area contributed by atoms with Gasteiger partial charge < -0.3 is 0 Å². The van der Waals surface area contributed by atoms with E-state index in [0.717, 1.165) is 0 Å². The molecule has 0 aliphatic carbocycles. The van der Waals surface area contributed by atoms with Crippen LogP contribution in [0.1, 0.15) is 10.4 Å². The molecule has 2 rings (SSSR count). The fourth-order valence-corrected chi connectivity index (χ4v) is 2.59. The molecule has 0 aliphatic heterocycles. The van der Waals surface area contributed by atoms with E-state index in [0.29, 0.717) is 10.4 Å². The second-order valence-electron chi connectivity index (χ2n) is 2.62. The van der Waals surface area contributed by atoms with Gasteiger partial charge in [0.2, 0.25) is 0 Å². The van der Waals surface area contributed by atoms with E-state index in [9.17, 15) is 8.78 Å². The summed E-state index contributed by atoms with van der Waals surface area (Å²) < 4.78 is 25.4. The minimum Gasteiger partial charge on any atom is -0.173 e. The highest BCUT2D eigenvalue weighted by atomic mass is 32.1. The number of rotatable bonds is 2. The number of halogens is 2. The molecule has 0 N–H and O–H groups in total. The number of hydrogen-bond acceptors (Lipinski definition) is 2. The molecule has 0 saturated heterocycles. The average molecular weight is 228 g/mol. The van der Waals surface area contributed by atoms with E-state index in [1.165, 1.54) is 22.7 Å². The van der Waals surface area contributed by atoms with Gasteiger partial charge in [0.05, 0.1) is 5.57 Å². The fourth-order valence-electron chi connectivity index (χ4n) is 1.17. The van der Waals surface area contributed by atoms with Gasteiger partial charge in [0.25, 0.3) is 6.08 Å². The minimum absolute atomic E-state index is 0.0567. The molecule has 2 heterocycles. The number of hydrogen-bond donors (Lipinski definition) is 0. The van der Waals surface area contributed by atoms with Gasteiger partial charge in [0.15, 0.2) is 0 Å². The largest absolute Gasteiger partial charge is 0.279 e. The molecule has 0 bridgehead atoms. The first-order chi connectivity index (χ1) is 6.79. The molecule has 2 aromatic rings. The van der Waals surface area contributed by atoms with Crippen LogP contribution in [0.25, 0.3) is 5.57 Å². The summed E-state index contributed by atoms with van der Waals surface area (Å²) in [5, 5.41) is 5.32. The van der Waals surface area contributed by atoms with E-state index in [1.807, 2.05) is 0 Å². The van der Waals surface area contributed by atoms with Crippen LogP contribution in [0.3, 0.4) is 0 Å². The SMILES string of the molecule is FC(F)=C(c1ccsc1)c1cccs1. The Bertz CT molecular complexity index is 386. The molecular formula is C10H6F2S2. The van der Waals surface area contributed by atoms with E-state index >= 15 is 0 Å². The van der Waals surface area contributed by atoms with Crippen molar-refractivity contribution < 1.29 is 8.78 Å². The zero-order chi connectivity index (χ0) is 9.97. The van der Waals surface area contributed by atoms with Crippen LogP contribution in [0.4, 0.5) is 8.78 Å². The van der Waals surface area contributed by atoms with Crippen LogP contribution in [0.5, 0.6) is 0 Å². The highest BCUT2D eigenvalue weighted by molar-refractivity contribution is 7.11. The Balaban J connectivity index is 2.52. The van der Waals surface area contributed by atoms with Crippen molar-refractivity contribution in [3.05, 3.63) is 50.9 Å². The van der Waals surface area contributed by atoms with Crippen molar-refractivity contribution in [1.82, 2.24) is 0 Å². The molecule has 0 nitrogen and oxygen atoms in total. The monoisotopic (exact) mass is 228 g/mol. The lowest BCUT2D eigenvalue weighted by atomic mass is 10.1. The first kappa shape index (κ1) is 9.55. The summed E-state index contributed by atoms with van der Waals surface area (Å²) in [6, 6.07) is 5.19. The Kier molecular flexibility index (Phi) is 2.74. The highest BCUT2D eigenvalue weighted by Crippen LogP contribution is 2.32. The summed E-state index contributed by atoms with van der Waals surface area (Å²) in [6.45, 7) is 0. The third-order valence-electron chi connectivity index (χ3n) is 1.77. The Hall–Kier alpha value is -1.00.